The predicted octanol–water partition coefficient (Wildman–Crippen LogP) is 3.23. The van der Waals surface area contributed by atoms with Crippen molar-refractivity contribution < 1.29 is 18.0 Å². The average molecular weight is 295 g/mol. The van der Waals surface area contributed by atoms with E-state index in [9.17, 15) is 18.0 Å². The Morgan fingerprint density at radius 2 is 1.71 bits per heavy atom. The molecule has 0 amide bonds. The highest BCUT2D eigenvalue weighted by atomic mass is 19.4. The summed E-state index contributed by atoms with van der Waals surface area (Å²) < 4.78 is 37.8. The Morgan fingerprint density at radius 3 is 2.24 bits per heavy atom. The number of piperidine rings is 3. The zero-order chi connectivity index (χ0) is 14.8. The third kappa shape index (κ3) is 1.79. The zero-order valence-corrected chi connectivity index (χ0v) is 11.5. The van der Waals surface area contributed by atoms with Crippen LogP contribution in [0.3, 0.4) is 0 Å². The molecule has 3 heterocycles. The summed E-state index contributed by atoms with van der Waals surface area (Å²) in [5.74, 6) is 0.578. The van der Waals surface area contributed by atoms with Gasteiger partial charge in [-0.3, -0.25) is 9.69 Å². The fourth-order valence-corrected chi connectivity index (χ4v) is 4.22. The van der Waals surface area contributed by atoms with Crippen LogP contribution in [0.4, 0.5) is 13.2 Å². The number of alkyl halides is 3. The summed E-state index contributed by atoms with van der Waals surface area (Å²) in [7, 11) is 0. The third-order valence-corrected chi connectivity index (χ3v) is 5.43. The summed E-state index contributed by atoms with van der Waals surface area (Å²) in [6.45, 7) is 1.90. The van der Waals surface area contributed by atoms with E-state index in [4.69, 9.17) is 0 Å². The molecule has 3 aliphatic heterocycles. The number of fused-ring (bicyclic) bond motifs is 2. The number of rotatable bonds is 1. The van der Waals surface area contributed by atoms with E-state index in [0.717, 1.165) is 50.0 Å². The highest BCUT2D eigenvalue weighted by Crippen LogP contribution is 2.61. The molecule has 5 heteroatoms. The Balaban J connectivity index is 1.61. The number of Topliss-reactive ketones (excluding diaryl/α,β-unsaturated/α-hetero) is 1. The van der Waals surface area contributed by atoms with Crippen molar-refractivity contribution in [2.75, 3.05) is 13.1 Å². The molecule has 2 nitrogen and oxygen atoms in total. The van der Waals surface area contributed by atoms with Crippen LogP contribution in [0.5, 0.6) is 0 Å². The number of benzene rings is 1. The number of ketones is 1. The predicted molar refractivity (Wildman–Crippen MR) is 70.8 cm³/mol. The molecule has 4 fully saturated rings. The Hall–Kier alpha value is -1.36. The lowest BCUT2D eigenvalue weighted by Crippen LogP contribution is -2.58. The molecule has 5 rings (SSSR count). The first-order valence-corrected chi connectivity index (χ1v) is 7.39. The van der Waals surface area contributed by atoms with Crippen LogP contribution >= 0.6 is 0 Å². The molecule has 1 spiro atoms. The van der Waals surface area contributed by atoms with Gasteiger partial charge in [-0.25, -0.2) is 0 Å². The standard InChI is InChI=1S/C16H16F3NO/c17-16(18,19)12-3-1-10(2-4-12)13-9-15(13)14(21)11-5-7-20(15)8-6-11/h1-4,11,13H,5-9H2/t13-,15+/m0/s1. The van der Waals surface area contributed by atoms with Gasteiger partial charge in [-0.2, -0.15) is 13.2 Å². The molecule has 112 valence electrons. The normalized spacial score (nSPS) is 38.0. The molecule has 1 saturated carbocycles. The van der Waals surface area contributed by atoms with Gasteiger partial charge < -0.3 is 0 Å². The van der Waals surface area contributed by atoms with Crippen molar-refractivity contribution >= 4 is 5.78 Å². The number of hydrogen-bond acceptors (Lipinski definition) is 2. The molecule has 0 N–H and O–H groups in total. The Kier molecular flexibility index (Phi) is 2.60. The Bertz CT molecular complexity index is 587. The van der Waals surface area contributed by atoms with Crippen molar-refractivity contribution in [3.63, 3.8) is 0 Å². The summed E-state index contributed by atoms with van der Waals surface area (Å²) in [4.78, 5) is 14.8. The first-order chi connectivity index (χ1) is 9.93. The molecule has 0 radical (unpaired) electrons. The summed E-state index contributed by atoms with van der Waals surface area (Å²) in [6, 6.07) is 5.34. The van der Waals surface area contributed by atoms with E-state index >= 15 is 0 Å². The van der Waals surface area contributed by atoms with Gasteiger partial charge in [0.1, 0.15) is 0 Å². The second-order valence-corrected chi connectivity index (χ2v) is 6.43. The maximum absolute atomic E-state index is 12.6. The van der Waals surface area contributed by atoms with E-state index in [1.807, 2.05) is 0 Å². The first kappa shape index (κ1) is 13.3. The zero-order valence-electron chi connectivity index (χ0n) is 11.5. The summed E-state index contributed by atoms with van der Waals surface area (Å²) in [5.41, 5.74) is -0.150. The van der Waals surface area contributed by atoms with Crippen LogP contribution in [-0.2, 0) is 11.0 Å². The molecule has 1 aliphatic carbocycles. The second kappa shape index (κ2) is 4.09. The molecule has 1 aromatic carbocycles. The number of carbonyl (C=O) groups excluding carboxylic acids is 1. The molecule has 2 bridgehead atoms. The lowest BCUT2D eigenvalue weighted by molar-refractivity contribution is -0.140. The fourth-order valence-electron chi connectivity index (χ4n) is 4.22. The Morgan fingerprint density at radius 1 is 1.10 bits per heavy atom. The van der Waals surface area contributed by atoms with Crippen molar-refractivity contribution in [1.82, 2.24) is 4.90 Å². The van der Waals surface area contributed by atoms with E-state index in [2.05, 4.69) is 4.90 Å². The van der Waals surface area contributed by atoms with Gasteiger partial charge in [0.15, 0.2) is 5.78 Å². The minimum atomic E-state index is -4.30. The van der Waals surface area contributed by atoms with E-state index in [0.29, 0.717) is 5.78 Å². The molecule has 1 aromatic rings. The van der Waals surface area contributed by atoms with Crippen LogP contribution in [0.25, 0.3) is 0 Å². The van der Waals surface area contributed by atoms with Crippen LogP contribution in [0.2, 0.25) is 0 Å². The van der Waals surface area contributed by atoms with Crippen LogP contribution in [0.15, 0.2) is 24.3 Å². The maximum atomic E-state index is 12.6. The first-order valence-electron chi connectivity index (χ1n) is 7.39. The van der Waals surface area contributed by atoms with Crippen LogP contribution in [0, 0.1) is 5.92 Å². The number of hydrogen-bond donors (Lipinski definition) is 0. The molecule has 2 atom stereocenters. The van der Waals surface area contributed by atoms with Crippen molar-refractivity contribution in [2.24, 2.45) is 5.92 Å². The van der Waals surface area contributed by atoms with Gasteiger partial charge >= 0.3 is 6.18 Å². The van der Waals surface area contributed by atoms with Gasteiger partial charge in [0.05, 0.1) is 11.1 Å². The summed E-state index contributed by atoms with van der Waals surface area (Å²) in [6.07, 6.45) is -1.64. The van der Waals surface area contributed by atoms with Gasteiger partial charge in [-0.05, 0) is 50.0 Å². The van der Waals surface area contributed by atoms with Crippen LogP contribution in [-0.4, -0.2) is 29.3 Å². The van der Waals surface area contributed by atoms with Crippen molar-refractivity contribution in [3.05, 3.63) is 35.4 Å². The molecule has 0 aromatic heterocycles. The smallest absolute Gasteiger partial charge is 0.297 e. The summed E-state index contributed by atoms with van der Waals surface area (Å²) in [5, 5.41) is 0. The van der Waals surface area contributed by atoms with Gasteiger partial charge in [-0.1, -0.05) is 12.1 Å². The second-order valence-electron chi connectivity index (χ2n) is 6.43. The van der Waals surface area contributed by atoms with E-state index < -0.39 is 11.7 Å². The largest absolute Gasteiger partial charge is 0.416 e. The topological polar surface area (TPSA) is 20.3 Å². The van der Waals surface area contributed by atoms with E-state index in [1.165, 1.54) is 0 Å². The SMILES string of the molecule is O=C1C2CCN(CC2)[C@@]12C[C@H]2c1ccc(C(F)(F)F)cc1. The van der Waals surface area contributed by atoms with Gasteiger partial charge in [-0.15, -0.1) is 0 Å². The monoisotopic (exact) mass is 295 g/mol. The van der Waals surface area contributed by atoms with Crippen molar-refractivity contribution in [1.29, 1.82) is 0 Å². The van der Waals surface area contributed by atoms with Gasteiger partial charge in [0.2, 0.25) is 0 Å². The number of nitrogens with zero attached hydrogens (tertiary/aromatic N) is 1. The maximum Gasteiger partial charge on any atom is 0.416 e. The lowest BCUT2D eigenvalue weighted by atomic mass is 9.79. The molecule has 3 saturated heterocycles. The van der Waals surface area contributed by atoms with Gasteiger partial charge in [0.25, 0.3) is 0 Å². The Labute approximate surface area is 120 Å². The molecule has 4 aliphatic rings. The van der Waals surface area contributed by atoms with Crippen LogP contribution in [0.1, 0.15) is 36.3 Å². The van der Waals surface area contributed by atoms with Gasteiger partial charge in [0, 0.05) is 11.8 Å². The van der Waals surface area contributed by atoms with E-state index in [1.54, 1.807) is 12.1 Å². The van der Waals surface area contributed by atoms with Crippen LogP contribution < -0.4 is 0 Å². The number of halogens is 3. The van der Waals surface area contributed by atoms with E-state index in [-0.39, 0.29) is 17.4 Å². The van der Waals surface area contributed by atoms with Crippen molar-refractivity contribution in [2.45, 2.75) is 36.9 Å². The average Bonchev–Trinajstić information content (AvgIpc) is 3.20. The highest BCUT2D eigenvalue weighted by molar-refractivity contribution is 5.96. The fraction of sp³-hybridized carbons (Fsp3) is 0.562. The third-order valence-electron chi connectivity index (χ3n) is 5.43. The summed E-state index contributed by atoms with van der Waals surface area (Å²) >= 11 is 0. The minimum absolute atomic E-state index is 0.0791. The number of carbonyl (C=O) groups is 1. The molecular weight excluding hydrogens is 279 g/mol. The highest BCUT2D eigenvalue weighted by Gasteiger charge is 2.67. The molecular formula is C16H16F3NO. The lowest BCUT2D eigenvalue weighted by Gasteiger charge is -2.45. The molecule has 0 unspecified atom stereocenters. The molecule has 21 heavy (non-hydrogen) atoms. The quantitative estimate of drug-likeness (QED) is 0.793. The van der Waals surface area contributed by atoms with Crippen molar-refractivity contribution in [3.8, 4) is 0 Å². The minimum Gasteiger partial charge on any atom is -0.297 e.